The average Bonchev–Trinajstić information content (AvgIpc) is 3.28. The predicted molar refractivity (Wildman–Crippen MR) is 99.8 cm³/mol. The summed E-state index contributed by atoms with van der Waals surface area (Å²) in [4.78, 5) is 22.7. The van der Waals surface area contributed by atoms with Crippen LogP contribution in [0, 0.1) is 41.4 Å². The lowest BCUT2D eigenvalue weighted by Crippen LogP contribution is -2.45. The minimum Gasteiger partial charge on any atom is -0.481 e. The highest BCUT2D eigenvalue weighted by Crippen LogP contribution is 2.51. The summed E-state index contributed by atoms with van der Waals surface area (Å²) >= 11 is 0. The largest absolute Gasteiger partial charge is 0.481 e. The monoisotopic (exact) mass is 396 g/mol. The third kappa shape index (κ3) is 2.97. The number of hydrogen-bond acceptors (Lipinski definition) is 3. The Bertz CT molecular complexity index is 1160. The van der Waals surface area contributed by atoms with Crippen LogP contribution in [0.3, 0.4) is 0 Å². The van der Waals surface area contributed by atoms with E-state index in [9.17, 15) is 18.7 Å². The standard InChI is InChI=1S/C21H18F2N4O2/c22-14-7-15-13(8-24-20(15)25-9-14)5-6-17-26-16(23)10-27(17)19-12-3-1-11(2-4-12)18(19)21(28)29/h7-12,18-19H,1-4H2,(H,24,25)(H,28,29)/t11-,12+,18-,19?/m0/s1. The summed E-state index contributed by atoms with van der Waals surface area (Å²) in [5.74, 6) is 3.63. The van der Waals surface area contributed by atoms with E-state index in [1.807, 2.05) is 0 Å². The third-order valence-corrected chi connectivity index (χ3v) is 6.29. The number of H-pyrrole nitrogens is 1. The van der Waals surface area contributed by atoms with Gasteiger partial charge in [-0.25, -0.2) is 9.37 Å². The fourth-order valence-electron chi connectivity index (χ4n) is 5.05. The Labute approximate surface area is 165 Å². The first kappa shape index (κ1) is 17.9. The molecule has 3 aromatic heterocycles. The Balaban J connectivity index is 1.56. The number of carboxylic acids is 1. The Kier molecular flexibility index (Phi) is 4.12. The van der Waals surface area contributed by atoms with Crippen molar-refractivity contribution in [3.8, 4) is 11.8 Å². The molecule has 3 heterocycles. The molecule has 3 aliphatic rings. The maximum atomic E-state index is 14.1. The van der Waals surface area contributed by atoms with Crippen molar-refractivity contribution in [2.45, 2.75) is 31.7 Å². The quantitative estimate of drug-likeness (QED) is 0.650. The van der Waals surface area contributed by atoms with Crippen LogP contribution < -0.4 is 0 Å². The number of carbonyl (C=O) groups is 1. The van der Waals surface area contributed by atoms with Crippen LogP contribution in [-0.2, 0) is 4.79 Å². The molecule has 3 saturated carbocycles. The summed E-state index contributed by atoms with van der Waals surface area (Å²) in [5.41, 5.74) is 1.02. The molecule has 0 aliphatic heterocycles. The molecule has 2 bridgehead atoms. The van der Waals surface area contributed by atoms with Crippen LogP contribution >= 0.6 is 0 Å². The highest BCUT2D eigenvalue weighted by molar-refractivity contribution is 5.83. The van der Waals surface area contributed by atoms with Crippen LogP contribution in [0.25, 0.3) is 11.0 Å². The van der Waals surface area contributed by atoms with Crippen LogP contribution in [0.2, 0.25) is 0 Å². The van der Waals surface area contributed by atoms with E-state index in [-0.39, 0.29) is 23.7 Å². The summed E-state index contributed by atoms with van der Waals surface area (Å²) in [6.45, 7) is 0. The van der Waals surface area contributed by atoms with Gasteiger partial charge in [0.2, 0.25) is 5.95 Å². The van der Waals surface area contributed by atoms with Crippen molar-refractivity contribution in [1.82, 2.24) is 19.5 Å². The number of aromatic nitrogens is 4. The van der Waals surface area contributed by atoms with E-state index in [4.69, 9.17) is 0 Å². The smallest absolute Gasteiger partial charge is 0.308 e. The van der Waals surface area contributed by atoms with Gasteiger partial charge in [0, 0.05) is 11.6 Å². The van der Waals surface area contributed by atoms with Crippen molar-refractivity contribution in [2.24, 2.45) is 17.8 Å². The second kappa shape index (κ2) is 6.69. The lowest BCUT2D eigenvalue weighted by molar-refractivity contribution is -0.151. The van der Waals surface area contributed by atoms with Crippen molar-refractivity contribution in [3.63, 3.8) is 0 Å². The highest BCUT2D eigenvalue weighted by atomic mass is 19.1. The summed E-state index contributed by atoms with van der Waals surface area (Å²) in [7, 11) is 0. The van der Waals surface area contributed by atoms with Crippen molar-refractivity contribution >= 4 is 17.0 Å². The zero-order valence-electron chi connectivity index (χ0n) is 15.4. The Morgan fingerprint density at radius 1 is 1.21 bits per heavy atom. The van der Waals surface area contributed by atoms with Crippen molar-refractivity contribution in [2.75, 3.05) is 0 Å². The van der Waals surface area contributed by atoms with E-state index in [2.05, 4.69) is 26.8 Å². The summed E-state index contributed by atoms with van der Waals surface area (Å²) < 4.78 is 29.2. The van der Waals surface area contributed by atoms with Gasteiger partial charge in [-0.1, -0.05) is 5.92 Å². The van der Waals surface area contributed by atoms with Gasteiger partial charge in [-0.15, -0.1) is 0 Å². The molecule has 0 amide bonds. The topological polar surface area (TPSA) is 83.8 Å². The molecule has 2 N–H and O–H groups in total. The number of aromatic amines is 1. The van der Waals surface area contributed by atoms with Gasteiger partial charge in [-0.05, 0) is 49.5 Å². The fraction of sp³-hybridized carbons (Fsp3) is 0.381. The van der Waals surface area contributed by atoms with Gasteiger partial charge in [0.05, 0.1) is 29.9 Å². The molecule has 148 valence electrons. The predicted octanol–water partition coefficient (Wildman–Crippen LogP) is 3.50. The summed E-state index contributed by atoms with van der Waals surface area (Å²) in [6.07, 6.45) is 7.62. The van der Waals surface area contributed by atoms with E-state index in [1.165, 1.54) is 12.3 Å². The van der Waals surface area contributed by atoms with Gasteiger partial charge < -0.3 is 14.7 Å². The van der Waals surface area contributed by atoms with Crippen molar-refractivity contribution in [1.29, 1.82) is 0 Å². The number of nitrogens with zero attached hydrogens (tertiary/aromatic N) is 3. The fourth-order valence-corrected chi connectivity index (χ4v) is 5.05. The van der Waals surface area contributed by atoms with Crippen LogP contribution in [0.1, 0.15) is 43.1 Å². The summed E-state index contributed by atoms with van der Waals surface area (Å²) in [5, 5.41) is 10.3. The van der Waals surface area contributed by atoms with Crippen LogP contribution in [-0.4, -0.2) is 30.6 Å². The van der Waals surface area contributed by atoms with Crippen molar-refractivity contribution in [3.05, 3.63) is 47.8 Å². The second-order valence-electron chi connectivity index (χ2n) is 7.83. The molecular formula is C21H18F2N4O2. The van der Waals surface area contributed by atoms with E-state index in [1.54, 1.807) is 10.8 Å². The molecule has 1 unspecified atom stereocenters. The number of rotatable bonds is 2. The maximum absolute atomic E-state index is 14.1. The number of pyridine rings is 1. The minimum absolute atomic E-state index is 0.0939. The van der Waals surface area contributed by atoms with Gasteiger partial charge in [0.15, 0.2) is 5.82 Å². The maximum Gasteiger partial charge on any atom is 0.308 e. The van der Waals surface area contributed by atoms with Gasteiger partial charge in [-0.2, -0.15) is 9.37 Å². The first-order valence-corrected chi connectivity index (χ1v) is 9.63. The van der Waals surface area contributed by atoms with Crippen molar-refractivity contribution < 1.29 is 18.7 Å². The molecule has 3 aliphatic carbocycles. The Morgan fingerprint density at radius 2 is 1.97 bits per heavy atom. The number of nitrogens with one attached hydrogen (secondary N) is 1. The molecule has 8 heteroatoms. The number of fused-ring (bicyclic) bond motifs is 4. The van der Waals surface area contributed by atoms with Crippen LogP contribution in [0.5, 0.6) is 0 Å². The SMILES string of the molecule is O=C(O)[C@@H]1C(n2cc(F)nc2C#Cc2c[nH]c3ncc(F)cc23)[C@H]2CC[C@@H]1CC2. The zero-order chi connectivity index (χ0) is 20.1. The lowest BCUT2D eigenvalue weighted by Gasteiger charge is -2.47. The van der Waals surface area contributed by atoms with E-state index >= 15 is 0 Å². The molecule has 6 nitrogen and oxygen atoms in total. The van der Waals surface area contributed by atoms with Gasteiger partial charge in [-0.3, -0.25) is 4.79 Å². The molecule has 2 atom stereocenters. The number of hydrogen-bond donors (Lipinski definition) is 2. The number of aliphatic carboxylic acids is 1. The molecule has 29 heavy (non-hydrogen) atoms. The molecule has 3 aromatic rings. The lowest BCUT2D eigenvalue weighted by atomic mass is 9.61. The Morgan fingerprint density at radius 3 is 2.72 bits per heavy atom. The molecule has 0 radical (unpaired) electrons. The molecule has 0 aromatic carbocycles. The average molecular weight is 396 g/mol. The first-order valence-electron chi connectivity index (χ1n) is 9.63. The second-order valence-corrected chi connectivity index (χ2v) is 7.83. The number of halogens is 2. The van der Waals surface area contributed by atoms with Gasteiger partial charge in [0.1, 0.15) is 11.5 Å². The molecule has 3 fully saturated rings. The normalized spacial score (nSPS) is 25.7. The van der Waals surface area contributed by atoms with Gasteiger partial charge in [0.25, 0.3) is 0 Å². The molecule has 0 saturated heterocycles. The van der Waals surface area contributed by atoms with Gasteiger partial charge >= 0.3 is 5.97 Å². The number of carboxylic acid groups (broad SMARTS) is 1. The first-order chi connectivity index (χ1) is 14.0. The number of imidazole rings is 1. The van der Waals surface area contributed by atoms with Crippen LogP contribution in [0.4, 0.5) is 8.78 Å². The minimum atomic E-state index is -0.851. The molecule has 6 rings (SSSR count). The van der Waals surface area contributed by atoms with Crippen LogP contribution in [0.15, 0.2) is 24.7 Å². The molecular weight excluding hydrogens is 378 g/mol. The van der Waals surface area contributed by atoms with E-state index in [0.717, 1.165) is 31.9 Å². The summed E-state index contributed by atoms with van der Waals surface area (Å²) in [6, 6.07) is 0.972. The zero-order valence-corrected chi connectivity index (χ0v) is 15.4. The highest BCUT2D eigenvalue weighted by Gasteiger charge is 2.48. The van der Waals surface area contributed by atoms with E-state index < -0.39 is 23.7 Å². The molecule has 0 spiro atoms. The Hall–Kier alpha value is -3.21. The van der Waals surface area contributed by atoms with E-state index in [0.29, 0.717) is 16.6 Å². The third-order valence-electron chi connectivity index (χ3n) is 6.29.